The van der Waals surface area contributed by atoms with E-state index in [4.69, 9.17) is 11.1 Å². The number of amides is 1. The summed E-state index contributed by atoms with van der Waals surface area (Å²) in [5.41, 5.74) is 6.06. The molecule has 14 heavy (non-hydrogen) atoms. The fraction of sp³-hybridized carbons (Fsp3) is 0.200. The molecule has 0 atom stereocenters. The standard InChI is InChI=1S/C10H13N3O/c11-9(12)7-13-10(14)6-8-4-2-1-3-5-8/h1-5H,6-7H2,(H3,11,12)(H,13,14). The zero-order valence-electron chi connectivity index (χ0n) is 7.79. The first-order valence-corrected chi connectivity index (χ1v) is 4.32. The molecule has 1 aromatic carbocycles. The Bertz CT molecular complexity index is 321. The summed E-state index contributed by atoms with van der Waals surface area (Å²) >= 11 is 0. The molecule has 1 rings (SSSR count). The number of carbonyl (C=O) groups is 1. The largest absolute Gasteiger partial charge is 0.386 e. The van der Waals surface area contributed by atoms with Crippen molar-refractivity contribution in [2.24, 2.45) is 5.73 Å². The van der Waals surface area contributed by atoms with Crippen molar-refractivity contribution >= 4 is 11.7 Å². The van der Waals surface area contributed by atoms with Gasteiger partial charge in [-0.05, 0) is 5.56 Å². The summed E-state index contributed by atoms with van der Waals surface area (Å²) in [4.78, 5) is 11.3. The van der Waals surface area contributed by atoms with Crippen molar-refractivity contribution in [3.8, 4) is 0 Å². The summed E-state index contributed by atoms with van der Waals surface area (Å²) in [6.07, 6.45) is 0.327. The molecule has 0 aliphatic heterocycles. The summed E-state index contributed by atoms with van der Waals surface area (Å²) in [6, 6.07) is 9.43. The van der Waals surface area contributed by atoms with Gasteiger partial charge in [-0.1, -0.05) is 30.3 Å². The zero-order valence-corrected chi connectivity index (χ0v) is 7.79. The van der Waals surface area contributed by atoms with Crippen molar-refractivity contribution in [3.63, 3.8) is 0 Å². The second-order valence-corrected chi connectivity index (χ2v) is 2.96. The van der Waals surface area contributed by atoms with E-state index in [1.807, 2.05) is 30.3 Å². The van der Waals surface area contributed by atoms with Crippen molar-refractivity contribution in [3.05, 3.63) is 35.9 Å². The highest BCUT2D eigenvalue weighted by Gasteiger charge is 2.01. The SMILES string of the molecule is N=C(N)CNC(=O)Cc1ccccc1. The first kappa shape index (κ1) is 10.2. The number of benzene rings is 1. The molecule has 1 aromatic rings. The maximum atomic E-state index is 11.3. The van der Waals surface area contributed by atoms with E-state index in [-0.39, 0.29) is 18.3 Å². The minimum Gasteiger partial charge on any atom is -0.386 e. The highest BCUT2D eigenvalue weighted by molar-refractivity contribution is 5.86. The lowest BCUT2D eigenvalue weighted by molar-refractivity contribution is -0.120. The first-order valence-electron chi connectivity index (χ1n) is 4.32. The van der Waals surface area contributed by atoms with Gasteiger partial charge in [-0.3, -0.25) is 10.2 Å². The Kier molecular flexibility index (Phi) is 3.67. The van der Waals surface area contributed by atoms with Crippen LogP contribution in [0, 0.1) is 5.41 Å². The van der Waals surface area contributed by atoms with Crippen LogP contribution in [0.2, 0.25) is 0 Å². The van der Waals surface area contributed by atoms with Crippen molar-refractivity contribution in [2.45, 2.75) is 6.42 Å². The van der Waals surface area contributed by atoms with Crippen molar-refractivity contribution < 1.29 is 4.79 Å². The Morgan fingerprint density at radius 3 is 2.57 bits per heavy atom. The van der Waals surface area contributed by atoms with Gasteiger partial charge in [-0.2, -0.15) is 0 Å². The molecule has 0 spiro atoms. The van der Waals surface area contributed by atoms with Crippen molar-refractivity contribution in [2.75, 3.05) is 6.54 Å². The normalized spacial score (nSPS) is 9.43. The summed E-state index contributed by atoms with van der Waals surface area (Å²) in [6.45, 7) is 0.117. The number of carbonyl (C=O) groups excluding carboxylic acids is 1. The molecule has 0 unspecified atom stereocenters. The lowest BCUT2D eigenvalue weighted by atomic mass is 10.1. The van der Waals surface area contributed by atoms with Crippen LogP contribution in [0.1, 0.15) is 5.56 Å². The Labute approximate surface area is 82.6 Å². The third-order valence-electron chi connectivity index (χ3n) is 1.68. The maximum Gasteiger partial charge on any atom is 0.224 e. The van der Waals surface area contributed by atoms with E-state index in [2.05, 4.69) is 5.32 Å². The second kappa shape index (κ2) is 5.01. The molecule has 74 valence electrons. The van der Waals surface area contributed by atoms with Crippen LogP contribution in [-0.2, 0) is 11.2 Å². The number of nitrogens with two attached hydrogens (primary N) is 1. The molecule has 0 saturated heterocycles. The fourth-order valence-corrected chi connectivity index (χ4v) is 1.04. The topological polar surface area (TPSA) is 79.0 Å². The van der Waals surface area contributed by atoms with E-state index in [1.165, 1.54) is 0 Å². The highest BCUT2D eigenvalue weighted by atomic mass is 16.1. The highest BCUT2D eigenvalue weighted by Crippen LogP contribution is 1.98. The molecular formula is C10H13N3O. The molecule has 0 saturated carbocycles. The fourth-order valence-electron chi connectivity index (χ4n) is 1.04. The van der Waals surface area contributed by atoms with Crippen LogP contribution < -0.4 is 11.1 Å². The van der Waals surface area contributed by atoms with Crippen molar-refractivity contribution in [1.29, 1.82) is 5.41 Å². The van der Waals surface area contributed by atoms with Gasteiger partial charge in [0.1, 0.15) is 5.84 Å². The van der Waals surface area contributed by atoms with Gasteiger partial charge < -0.3 is 11.1 Å². The summed E-state index contributed by atoms with van der Waals surface area (Å²) in [5.74, 6) is -0.155. The zero-order chi connectivity index (χ0) is 10.4. The van der Waals surface area contributed by atoms with E-state index in [1.54, 1.807) is 0 Å². The van der Waals surface area contributed by atoms with Gasteiger partial charge in [0.25, 0.3) is 0 Å². The molecular weight excluding hydrogens is 178 g/mol. The van der Waals surface area contributed by atoms with Crippen LogP contribution in [0.4, 0.5) is 0 Å². The molecule has 1 amide bonds. The first-order chi connectivity index (χ1) is 6.68. The van der Waals surface area contributed by atoms with E-state index in [0.717, 1.165) is 5.56 Å². The number of nitrogens with one attached hydrogen (secondary N) is 2. The molecule has 0 radical (unpaired) electrons. The second-order valence-electron chi connectivity index (χ2n) is 2.96. The maximum absolute atomic E-state index is 11.3. The minimum absolute atomic E-state index is 0.0357. The monoisotopic (exact) mass is 191 g/mol. The van der Waals surface area contributed by atoms with E-state index < -0.39 is 0 Å². The average molecular weight is 191 g/mol. The molecule has 0 aliphatic carbocycles. The minimum atomic E-state index is -0.119. The molecule has 0 fully saturated rings. The van der Waals surface area contributed by atoms with Crippen LogP contribution in [0.25, 0.3) is 0 Å². The third kappa shape index (κ3) is 3.71. The average Bonchev–Trinajstić information content (AvgIpc) is 2.16. The van der Waals surface area contributed by atoms with E-state index >= 15 is 0 Å². The van der Waals surface area contributed by atoms with Gasteiger partial charge in [-0.25, -0.2) is 0 Å². The predicted octanol–water partition coefficient (Wildman–Crippen LogP) is 0.281. The van der Waals surface area contributed by atoms with Crippen LogP contribution in [0.3, 0.4) is 0 Å². The van der Waals surface area contributed by atoms with Gasteiger partial charge in [0, 0.05) is 0 Å². The predicted molar refractivity (Wildman–Crippen MR) is 55.1 cm³/mol. The van der Waals surface area contributed by atoms with Gasteiger partial charge in [0.15, 0.2) is 0 Å². The Balaban J connectivity index is 2.38. The van der Waals surface area contributed by atoms with E-state index in [9.17, 15) is 4.79 Å². The Morgan fingerprint density at radius 1 is 1.36 bits per heavy atom. The summed E-state index contributed by atoms with van der Waals surface area (Å²) < 4.78 is 0. The molecule has 0 aromatic heterocycles. The number of hydrogen-bond donors (Lipinski definition) is 3. The van der Waals surface area contributed by atoms with Gasteiger partial charge in [0.05, 0.1) is 13.0 Å². The van der Waals surface area contributed by atoms with Crippen LogP contribution in [-0.4, -0.2) is 18.3 Å². The Morgan fingerprint density at radius 2 is 2.00 bits per heavy atom. The van der Waals surface area contributed by atoms with Gasteiger partial charge in [-0.15, -0.1) is 0 Å². The number of hydrogen-bond acceptors (Lipinski definition) is 2. The van der Waals surface area contributed by atoms with Gasteiger partial charge in [0.2, 0.25) is 5.91 Å². The number of amidine groups is 1. The molecule has 0 heterocycles. The lowest BCUT2D eigenvalue weighted by Crippen LogP contribution is -2.33. The number of rotatable bonds is 4. The molecule has 0 bridgehead atoms. The quantitative estimate of drug-likeness (QED) is 0.472. The van der Waals surface area contributed by atoms with Crippen LogP contribution in [0.15, 0.2) is 30.3 Å². The summed E-state index contributed by atoms with van der Waals surface area (Å²) in [7, 11) is 0. The van der Waals surface area contributed by atoms with Crippen molar-refractivity contribution in [1.82, 2.24) is 5.32 Å². The molecule has 4 N–H and O–H groups in total. The molecule has 4 heteroatoms. The van der Waals surface area contributed by atoms with E-state index in [0.29, 0.717) is 6.42 Å². The molecule has 4 nitrogen and oxygen atoms in total. The lowest BCUT2D eigenvalue weighted by Gasteiger charge is -2.03. The molecule has 0 aliphatic rings. The third-order valence-corrected chi connectivity index (χ3v) is 1.68. The van der Waals surface area contributed by atoms with Crippen LogP contribution in [0.5, 0.6) is 0 Å². The smallest absolute Gasteiger partial charge is 0.224 e. The summed E-state index contributed by atoms with van der Waals surface area (Å²) in [5, 5.41) is 9.47. The van der Waals surface area contributed by atoms with Crippen LogP contribution >= 0.6 is 0 Å². The van der Waals surface area contributed by atoms with Gasteiger partial charge >= 0.3 is 0 Å². The Hall–Kier alpha value is -1.84.